The van der Waals surface area contributed by atoms with Crippen molar-refractivity contribution in [3.8, 4) is 5.75 Å². The molecule has 0 aliphatic heterocycles. The van der Waals surface area contributed by atoms with Gasteiger partial charge < -0.3 is 15.4 Å². The summed E-state index contributed by atoms with van der Waals surface area (Å²) in [6.07, 6.45) is 0.899. The van der Waals surface area contributed by atoms with Crippen molar-refractivity contribution >= 4 is 56.4 Å². The Morgan fingerprint density at radius 3 is 2.33 bits per heavy atom. The van der Waals surface area contributed by atoms with Gasteiger partial charge in [0.15, 0.2) is 5.11 Å². The van der Waals surface area contributed by atoms with Gasteiger partial charge in [-0.25, -0.2) is 0 Å². The van der Waals surface area contributed by atoms with Crippen LogP contribution in [0, 0.1) is 5.41 Å². The summed E-state index contributed by atoms with van der Waals surface area (Å²) < 4.78 is 6.29. The fraction of sp³-hybridized carbons (Fsp3) is 0.318. The fourth-order valence-electron chi connectivity index (χ4n) is 2.30. The zero-order chi connectivity index (χ0) is 22.3. The van der Waals surface area contributed by atoms with E-state index in [1.807, 2.05) is 27.7 Å². The lowest BCUT2D eigenvalue weighted by atomic mass is 9.95. The summed E-state index contributed by atoms with van der Waals surface area (Å²) in [4.78, 5) is 24.6. The van der Waals surface area contributed by atoms with Gasteiger partial charge in [0.25, 0.3) is 5.91 Å². The number of hydrogen-bond donors (Lipinski definition) is 3. The predicted molar refractivity (Wildman–Crippen MR) is 128 cm³/mol. The van der Waals surface area contributed by atoms with E-state index in [0.29, 0.717) is 33.8 Å². The minimum atomic E-state index is -0.502. The minimum Gasteiger partial charge on any atom is -0.492 e. The number of benzene rings is 2. The van der Waals surface area contributed by atoms with E-state index in [2.05, 4.69) is 31.9 Å². The Morgan fingerprint density at radius 1 is 1.07 bits per heavy atom. The molecule has 0 heterocycles. The number of ether oxygens (including phenoxy) is 1. The summed E-state index contributed by atoms with van der Waals surface area (Å²) in [7, 11) is 0. The van der Waals surface area contributed by atoms with Crippen LogP contribution in [0.5, 0.6) is 5.75 Å². The lowest BCUT2D eigenvalue weighted by Crippen LogP contribution is -2.34. The van der Waals surface area contributed by atoms with Crippen molar-refractivity contribution in [2.24, 2.45) is 5.41 Å². The first-order valence-corrected chi connectivity index (χ1v) is 10.8. The van der Waals surface area contributed by atoms with Crippen molar-refractivity contribution in [2.75, 3.05) is 17.2 Å². The van der Waals surface area contributed by atoms with Gasteiger partial charge in [0.2, 0.25) is 5.91 Å². The van der Waals surface area contributed by atoms with Crippen molar-refractivity contribution in [3.05, 3.63) is 52.5 Å². The highest BCUT2D eigenvalue weighted by atomic mass is 79.9. The highest BCUT2D eigenvalue weighted by molar-refractivity contribution is 9.10. The Morgan fingerprint density at radius 2 is 1.73 bits per heavy atom. The summed E-state index contributed by atoms with van der Waals surface area (Å²) in [5.41, 5.74) is 1.23. The molecule has 0 fully saturated rings. The van der Waals surface area contributed by atoms with E-state index in [4.69, 9.17) is 17.0 Å². The van der Waals surface area contributed by atoms with Gasteiger partial charge in [0, 0.05) is 22.4 Å². The van der Waals surface area contributed by atoms with E-state index >= 15 is 0 Å². The molecule has 2 aromatic rings. The molecule has 0 aromatic heterocycles. The van der Waals surface area contributed by atoms with Crippen molar-refractivity contribution in [2.45, 2.75) is 34.1 Å². The number of halogens is 1. The number of rotatable bonds is 6. The topological polar surface area (TPSA) is 79.5 Å². The Hall–Kier alpha value is -2.45. The second-order valence-corrected chi connectivity index (χ2v) is 8.95. The molecule has 3 N–H and O–H groups in total. The summed E-state index contributed by atoms with van der Waals surface area (Å²) in [5.74, 6) is 0.253. The molecule has 2 aromatic carbocycles. The zero-order valence-electron chi connectivity index (χ0n) is 17.5. The van der Waals surface area contributed by atoms with Crippen LogP contribution < -0.4 is 20.7 Å². The quantitative estimate of drug-likeness (QED) is 0.474. The van der Waals surface area contributed by atoms with Crippen LogP contribution in [0.1, 0.15) is 44.5 Å². The third-order valence-electron chi connectivity index (χ3n) is 3.94. The summed E-state index contributed by atoms with van der Waals surface area (Å²) >= 11 is 8.67. The van der Waals surface area contributed by atoms with E-state index < -0.39 is 5.41 Å². The van der Waals surface area contributed by atoms with Gasteiger partial charge in [-0.05, 0) is 71.0 Å². The summed E-state index contributed by atoms with van der Waals surface area (Å²) in [6, 6.07) is 12.2. The highest BCUT2D eigenvalue weighted by Gasteiger charge is 2.21. The first-order valence-electron chi connectivity index (χ1n) is 9.56. The molecule has 0 spiro atoms. The molecule has 0 saturated carbocycles. The van der Waals surface area contributed by atoms with Crippen LogP contribution in [0.15, 0.2) is 46.9 Å². The van der Waals surface area contributed by atoms with Crippen molar-refractivity contribution in [1.29, 1.82) is 0 Å². The number of carbonyl (C=O) groups excluding carboxylic acids is 2. The average molecular weight is 492 g/mol. The molecule has 0 atom stereocenters. The Kier molecular flexibility index (Phi) is 8.37. The van der Waals surface area contributed by atoms with Crippen LogP contribution >= 0.6 is 28.1 Å². The highest BCUT2D eigenvalue weighted by Crippen LogP contribution is 2.26. The van der Waals surface area contributed by atoms with Gasteiger partial charge in [-0.15, -0.1) is 0 Å². The van der Waals surface area contributed by atoms with Gasteiger partial charge in [-0.2, -0.15) is 0 Å². The van der Waals surface area contributed by atoms with Gasteiger partial charge >= 0.3 is 0 Å². The Balaban J connectivity index is 1.99. The first-order chi connectivity index (χ1) is 14.1. The van der Waals surface area contributed by atoms with Gasteiger partial charge in [-0.1, -0.05) is 33.8 Å². The number of anilines is 2. The molecule has 160 valence electrons. The zero-order valence-corrected chi connectivity index (χ0v) is 19.9. The van der Waals surface area contributed by atoms with E-state index in [9.17, 15) is 9.59 Å². The third kappa shape index (κ3) is 7.11. The van der Waals surface area contributed by atoms with Crippen LogP contribution in [0.3, 0.4) is 0 Å². The van der Waals surface area contributed by atoms with Crippen molar-refractivity contribution in [3.63, 3.8) is 0 Å². The summed E-state index contributed by atoms with van der Waals surface area (Å²) in [6.45, 7) is 8.16. The lowest BCUT2D eigenvalue weighted by molar-refractivity contribution is -0.123. The monoisotopic (exact) mass is 491 g/mol. The van der Waals surface area contributed by atoms with Gasteiger partial charge in [-0.3, -0.25) is 14.9 Å². The number of thiocarbonyl (C=S) groups is 1. The van der Waals surface area contributed by atoms with Crippen LogP contribution in [-0.4, -0.2) is 23.5 Å². The van der Waals surface area contributed by atoms with E-state index in [0.717, 1.165) is 6.42 Å². The molecule has 0 aliphatic carbocycles. The van der Waals surface area contributed by atoms with E-state index in [-0.39, 0.29) is 16.9 Å². The number of carbonyl (C=O) groups is 2. The van der Waals surface area contributed by atoms with Crippen molar-refractivity contribution in [1.82, 2.24) is 5.32 Å². The average Bonchev–Trinajstić information content (AvgIpc) is 2.66. The molecule has 0 aliphatic rings. The van der Waals surface area contributed by atoms with E-state index in [1.54, 1.807) is 42.5 Å². The normalized spacial score (nSPS) is 10.8. The molecule has 6 nitrogen and oxygen atoms in total. The molecule has 0 unspecified atom stereocenters. The SMILES string of the molecule is CCCOc1ccc(C(=O)NC(=S)Nc2cccc(NC(=O)C(C)(C)C)c2)cc1Br. The molecule has 8 heteroatoms. The maximum atomic E-state index is 12.5. The maximum Gasteiger partial charge on any atom is 0.257 e. The molecule has 30 heavy (non-hydrogen) atoms. The van der Waals surface area contributed by atoms with Crippen LogP contribution in [-0.2, 0) is 4.79 Å². The fourth-order valence-corrected chi connectivity index (χ4v) is 3.01. The van der Waals surface area contributed by atoms with Gasteiger partial charge in [0.05, 0.1) is 11.1 Å². The van der Waals surface area contributed by atoms with Crippen LogP contribution in [0.2, 0.25) is 0 Å². The second-order valence-electron chi connectivity index (χ2n) is 7.69. The first kappa shape index (κ1) is 23.8. The van der Waals surface area contributed by atoms with Crippen molar-refractivity contribution < 1.29 is 14.3 Å². The maximum absolute atomic E-state index is 12.5. The van der Waals surface area contributed by atoms with E-state index in [1.165, 1.54) is 0 Å². The van der Waals surface area contributed by atoms with Crippen LogP contribution in [0.25, 0.3) is 0 Å². The molecule has 2 rings (SSSR count). The molecule has 0 radical (unpaired) electrons. The van der Waals surface area contributed by atoms with Crippen LogP contribution in [0.4, 0.5) is 11.4 Å². The predicted octanol–water partition coefficient (Wildman–Crippen LogP) is 5.35. The smallest absolute Gasteiger partial charge is 0.257 e. The van der Waals surface area contributed by atoms with Gasteiger partial charge in [0.1, 0.15) is 5.75 Å². The third-order valence-corrected chi connectivity index (χ3v) is 4.77. The standard InChI is InChI=1S/C22H26BrN3O3S/c1-5-11-29-18-10-9-14(12-17(18)23)19(27)26-21(30)25-16-8-6-7-15(13-16)24-20(28)22(2,3)4/h6-10,12-13H,5,11H2,1-4H3,(H,24,28)(H2,25,26,27,30). The Bertz CT molecular complexity index is 941. The number of hydrogen-bond acceptors (Lipinski definition) is 4. The lowest BCUT2D eigenvalue weighted by Gasteiger charge is -2.18. The molecule has 0 bridgehead atoms. The largest absolute Gasteiger partial charge is 0.492 e. The number of nitrogens with one attached hydrogen (secondary N) is 3. The second kappa shape index (κ2) is 10.5. The molecule has 2 amide bonds. The summed E-state index contributed by atoms with van der Waals surface area (Å²) in [5, 5.41) is 8.63. The minimum absolute atomic E-state index is 0.0903. The molecule has 0 saturated heterocycles. The number of amides is 2. The molecular formula is C22H26BrN3O3S. The molecular weight excluding hydrogens is 466 g/mol. The Labute approximate surface area is 190 Å².